The van der Waals surface area contributed by atoms with Gasteiger partial charge in [-0.25, -0.2) is 0 Å². The lowest BCUT2D eigenvalue weighted by Gasteiger charge is -2.35. The predicted molar refractivity (Wildman–Crippen MR) is 63.3 cm³/mol. The van der Waals surface area contributed by atoms with Crippen molar-refractivity contribution in [3.63, 3.8) is 0 Å². The van der Waals surface area contributed by atoms with Crippen molar-refractivity contribution in [3.8, 4) is 0 Å². The standard InChI is InChI=1S/C9H21N2O5P/c1-8(2,4-6(10)7(12)13)5-9(3,11)17(14,15)16/h6H,4-5,10-11H2,1-3H3,(H,12,13)(H2,14,15,16). The average Bonchev–Trinajstić information content (AvgIpc) is 1.97. The zero-order valence-corrected chi connectivity index (χ0v) is 11.1. The Morgan fingerprint density at radius 1 is 1.35 bits per heavy atom. The van der Waals surface area contributed by atoms with Gasteiger partial charge in [0.25, 0.3) is 0 Å². The summed E-state index contributed by atoms with van der Waals surface area (Å²) in [6.45, 7) is 4.61. The van der Waals surface area contributed by atoms with Crippen LogP contribution < -0.4 is 11.5 Å². The minimum absolute atomic E-state index is 0.0226. The fourth-order valence-electron chi connectivity index (χ4n) is 1.83. The lowest BCUT2D eigenvalue weighted by atomic mass is 9.80. The zero-order valence-electron chi connectivity index (χ0n) is 10.3. The number of rotatable bonds is 6. The molecule has 0 spiro atoms. The van der Waals surface area contributed by atoms with Crippen molar-refractivity contribution in [1.82, 2.24) is 0 Å². The molecule has 8 heteroatoms. The van der Waals surface area contributed by atoms with Crippen LogP contribution in [0.4, 0.5) is 0 Å². The van der Waals surface area contributed by atoms with Gasteiger partial charge in [0.15, 0.2) is 0 Å². The molecule has 0 bridgehead atoms. The molecule has 7 nitrogen and oxygen atoms in total. The number of nitrogens with two attached hydrogens (primary N) is 2. The molecule has 0 heterocycles. The summed E-state index contributed by atoms with van der Waals surface area (Å²) in [6.07, 6.45) is 0.0698. The van der Waals surface area contributed by atoms with Gasteiger partial charge in [0, 0.05) is 0 Å². The van der Waals surface area contributed by atoms with Gasteiger partial charge in [-0.3, -0.25) is 9.36 Å². The third-order valence-corrected chi connectivity index (χ3v) is 4.08. The Kier molecular flexibility index (Phi) is 4.90. The maximum atomic E-state index is 11.2. The Labute approximate surface area is 100 Å². The monoisotopic (exact) mass is 268 g/mol. The van der Waals surface area contributed by atoms with Crippen molar-refractivity contribution in [2.45, 2.75) is 44.9 Å². The highest BCUT2D eigenvalue weighted by Gasteiger charge is 2.43. The van der Waals surface area contributed by atoms with Crippen LogP contribution in [0.1, 0.15) is 33.6 Å². The Hall–Kier alpha value is -0.460. The highest BCUT2D eigenvalue weighted by molar-refractivity contribution is 7.53. The van der Waals surface area contributed by atoms with Crippen LogP contribution in [0.25, 0.3) is 0 Å². The molecule has 17 heavy (non-hydrogen) atoms. The third kappa shape index (κ3) is 5.14. The maximum absolute atomic E-state index is 11.2. The van der Waals surface area contributed by atoms with Crippen LogP contribution >= 0.6 is 7.60 Å². The van der Waals surface area contributed by atoms with Crippen LogP contribution in [0.5, 0.6) is 0 Å². The van der Waals surface area contributed by atoms with E-state index < -0.39 is 30.3 Å². The number of carboxylic acids is 1. The summed E-state index contributed by atoms with van der Waals surface area (Å²) in [5.74, 6) is -1.15. The smallest absolute Gasteiger partial charge is 0.344 e. The largest absolute Gasteiger partial charge is 0.480 e. The molecular formula is C9H21N2O5P. The van der Waals surface area contributed by atoms with Crippen molar-refractivity contribution in [1.29, 1.82) is 0 Å². The Bertz CT molecular complexity index is 336. The first-order valence-electron chi connectivity index (χ1n) is 5.11. The van der Waals surface area contributed by atoms with Gasteiger partial charge in [0.2, 0.25) is 0 Å². The van der Waals surface area contributed by atoms with E-state index in [4.69, 9.17) is 26.4 Å². The Balaban J connectivity index is 4.77. The molecule has 0 saturated carbocycles. The summed E-state index contributed by atoms with van der Waals surface area (Å²) in [4.78, 5) is 28.8. The third-order valence-electron chi connectivity index (χ3n) is 2.59. The summed E-state index contributed by atoms with van der Waals surface area (Å²) < 4.78 is 11.2. The number of carboxylic acid groups (broad SMARTS) is 1. The summed E-state index contributed by atoms with van der Waals surface area (Å²) in [5.41, 5.74) is 10.3. The minimum atomic E-state index is -4.44. The molecule has 102 valence electrons. The molecule has 0 aromatic rings. The van der Waals surface area contributed by atoms with E-state index in [9.17, 15) is 9.36 Å². The van der Waals surface area contributed by atoms with Gasteiger partial charge in [0.1, 0.15) is 11.3 Å². The lowest BCUT2D eigenvalue weighted by Crippen LogP contribution is -2.43. The van der Waals surface area contributed by atoms with Gasteiger partial charge < -0.3 is 26.4 Å². The molecule has 2 atom stereocenters. The second kappa shape index (κ2) is 5.04. The molecule has 0 rings (SSSR count). The summed E-state index contributed by atoms with van der Waals surface area (Å²) >= 11 is 0. The minimum Gasteiger partial charge on any atom is -0.480 e. The average molecular weight is 268 g/mol. The van der Waals surface area contributed by atoms with Crippen molar-refractivity contribution in [2.24, 2.45) is 16.9 Å². The zero-order chi connectivity index (χ0) is 14.1. The maximum Gasteiger partial charge on any atom is 0.344 e. The second-order valence-corrected chi connectivity index (χ2v) is 7.50. The molecule has 0 radical (unpaired) electrons. The van der Waals surface area contributed by atoms with E-state index in [2.05, 4.69) is 0 Å². The number of hydrogen-bond donors (Lipinski definition) is 5. The van der Waals surface area contributed by atoms with Crippen LogP contribution in [0.2, 0.25) is 0 Å². The first kappa shape index (κ1) is 16.5. The van der Waals surface area contributed by atoms with E-state index >= 15 is 0 Å². The number of hydrogen-bond acceptors (Lipinski definition) is 4. The van der Waals surface area contributed by atoms with Crippen molar-refractivity contribution in [3.05, 3.63) is 0 Å². The van der Waals surface area contributed by atoms with E-state index in [1.807, 2.05) is 0 Å². The quantitative estimate of drug-likeness (QED) is 0.428. The van der Waals surface area contributed by atoms with E-state index in [-0.39, 0.29) is 12.8 Å². The molecule has 0 aromatic heterocycles. The van der Waals surface area contributed by atoms with Gasteiger partial charge in [0.05, 0.1) is 0 Å². The van der Waals surface area contributed by atoms with Crippen LogP contribution in [0.3, 0.4) is 0 Å². The molecule has 0 amide bonds. The van der Waals surface area contributed by atoms with Gasteiger partial charge in [-0.1, -0.05) is 13.8 Å². The summed E-state index contributed by atoms with van der Waals surface area (Å²) in [6, 6.07) is -1.07. The lowest BCUT2D eigenvalue weighted by molar-refractivity contribution is -0.139. The molecule has 2 unspecified atom stereocenters. The van der Waals surface area contributed by atoms with E-state index in [1.165, 1.54) is 6.92 Å². The van der Waals surface area contributed by atoms with Gasteiger partial charge in [-0.15, -0.1) is 0 Å². The summed E-state index contributed by atoms with van der Waals surface area (Å²) in [7, 11) is -4.44. The predicted octanol–water partition coefficient (Wildman–Crippen LogP) is 0.0573. The van der Waals surface area contributed by atoms with E-state index in [1.54, 1.807) is 13.8 Å². The van der Waals surface area contributed by atoms with Crippen LogP contribution in [0, 0.1) is 5.41 Å². The highest BCUT2D eigenvalue weighted by atomic mass is 31.2. The van der Waals surface area contributed by atoms with Gasteiger partial charge >= 0.3 is 13.6 Å². The molecule has 0 aromatic carbocycles. The van der Waals surface area contributed by atoms with Crippen molar-refractivity contribution >= 4 is 13.6 Å². The number of aliphatic carboxylic acids is 1. The van der Waals surface area contributed by atoms with Crippen LogP contribution in [-0.4, -0.2) is 32.2 Å². The topological polar surface area (TPSA) is 147 Å². The molecule has 0 fully saturated rings. The second-order valence-electron chi connectivity index (χ2n) is 5.39. The number of carbonyl (C=O) groups is 1. The Morgan fingerprint density at radius 3 is 2.06 bits per heavy atom. The summed E-state index contributed by atoms with van der Waals surface area (Å²) in [5, 5.41) is 7.01. The SMILES string of the molecule is CC(C)(CC(N)C(=O)O)CC(C)(N)P(=O)(O)O. The molecule has 0 saturated heterocycles. The first-order chi connectivity index (χ1) is 7.28. The molecule has 7 N–H and O–H groups in total. The van der Waals surface area contributed by atoms with Crippen molar-refractivity contribution < 1.29 is 24.3 Å². The van der Waals surface area contributed by atoms with E-state index in [0.29, 0.717) is 0 Å². The fourth-order valence-corrected chi connectivity index (χ4v) is 2.46. The molecular weight excluding hydrogens is 247 g/mol. The highest BCUT2D eigenvalue weighted by Crippen LogP contribution is 2.52. The molecule has 0 aliphatic heterocycles. The first-order valence-corrected chi connectivity index (χ1v) is 6.73. The molecule has 0 aliphatic carbocycles. The van der Waals surface area contributed by atoms with E-state index in [0.717, 1.165) is 0 Å². The van der Waals surface area contributed by atoms with Gasteiger partial charge in [-0.2, -0.15) is 0 Å². The van der Waals surface area contributed by atoms with Crippen LogP contribution in [0.15, 0.2) is 0 Å². The van der Waals surface area contributed by atoms with Crippen molar-refractivity contribution in [2.75, 3.05) is 0 Å². The Morgan fingerprint density at radius 2 is 1.76 bits per heavy atom. The molecule has 0 aliphatic rings. The van der Waals surface area contributed by atoms with Gasteiger partial charge in [-0.05, 0) is 25.2 Å². The van der Waals surface area contributed by atoms with Crippen LogP contribution in [-0.2, 0) is 9.36 Å². The fraction of sp³-hybridized carbons (Fsp3) is 0.889. The normalized spacial score (nSPS) is 18.5.